The molecule has 1 unspecified atom stereocenters. The molecular formula is C19H23NO5. The van der Waals surface area contributed by atoms with Crippen molar-refractivity contribution in [2.24, 2.45) is 0 Å². The Bertz CT molecular complexity index is 629. The highest BCUT2D eigenvalue weighted by Crippen LogP contribution is 2.36. The summed E-state index contributed by atoms with van der Waals surface area (Å²) in [5, 5.41) is 50.8. The summed E-state index contributed by atoms with van der Waals surface area (Å²) in [5.41, 5.74) is 1.67. The average Bonchev–Trinajstić information content (AvgIpc) is 2.66. The Morgan fingerprint density at radius 3 is 1.64 bits per heavy atom. The Kier molecular flexibility index (Phi) is 5.48. The van der Waals surface area contributed by atoms with Gasteiger partial charge in [-0.1, -0.05) is 60.7 Å². The van der Waals surface area contributed by atoms with Crippen molar-refractivity contribution in [3.8, 4) is 0 Å². The fraction of sp³-hybridized carbons (Fsp3) is 0.368. The number of piperidine rings is 1. The zero-order valence-corrected chi connectivity index (χ0v) is 13.6. The highest BCUT2D eigenvalue weighted by Gasteiger charge is 2.49. The van der Waals surface area contributed by atoms with Crippen molar-refractivity contribution in [2.45, 2.75) is 36.6 Å². The highest BCUT2D eigenvalue weighted by molar-refractivity contribution is 5.32. The van der Waals surface area contributed by atoms with Crippen molar-refractivity contribution in [3.05, 3.63) is 71.8 Å². The van der Waals surface area contributed by atoms with E-state index < -0.39 is 43.2 Å². The summed E-state index contributed by atoms with van der Waals surface area (Å²) in [6, 6.07) is 17.2. The molecule has 0 aromatic heterocycles. The van der Waals surface area contributed by atoms with E-state index in [9.17, 15) is 25.5 Å². The molecule has 1 fully saturated rings. The fourth-order valence-corrected chi connectivity index (χ4v) is 3.51. The maximum atomic E-state index is 10.6. The topological polar surface area (TPSA) is 104 Å². The molecule has 0 spiro atoms. The Labute approximate surface area is 146 Å². The SMILES string of the molecule is OC[C@@H]1[C@@H](O)[C@H](O)[C@@H](O)C(O)N1C(c1ccccc1)c1ccccc1. The number of rotatable bonds is 4. The smallest absolute Gasteiger partial charge is 0.137 e. The summed E-state index contributed by atoms with van der Waals surface area (Å²) in [6.45, 7) is -0.474. The Hall–Kier alpha value is -1.80. The first-order valence-corrected chi connectivity index (χ1v) is 8.26. The number of benzene rings is 2. The first-order chi connectivity index (χ1) is 12.1. The van der Waals surface area contributed by atoms with E-state index >= 15 is 0 Å². The molecule has 0 amide bonds. The van der Waals surface area contributed by atoms with E-state index in [1.54, 1.807) is 0 Å². The van der Waals surface area contributed by atoms with Crippen LogP contribution in [0.3, 0.4) is 0 Å². The van der Waals surface area contributed by atoms with Gasteiger partial charge in [0.1, 0.15) is 24.5 Å². The van der Waals surface area contributed by atoms with Crippen LogP contribution in [0.2, 0.25) is 0 Å². The average molecular weight is 345 g/mol. The van der Waals surface area contributed by atoms with Gasteiger partial charge >= 0.3 is 0 Å². The molecule has 6 heteroatoms. The summed E-state index contributed by atoms with van der Waals surface area (Å²) in [5.74, 6) is 0. The summed E-state index contributed by atoms with van der Waals surface area (Å²) in [4.78, 5) is 1.46. The monoisotopic (exact) mass is 345 g/mol. The van der Waals surface area contributed by atoms with Crippen LogP contribution in [0.5, 0.6) is 0 Å². The number of hydrogen-bond donors (Lipinski definition) is 5. The molecule has 2 aromatic carbocycles. The number of nitrogens with zero attached hydrogens (tertiary/aromatic N) is 1. The van der Waals surface area contributed by atoms with Gasteiger partial charge in [-0.25, -0.2) is 0 Å². The molecule has 6 nitrogen and oxygen atoms in total. The maximum Gasteiger partial charge on any atom is 0.137 e. The van der Waals surface area contributed by atoms with Gasteiger partial charge in [0.15, 0.2) is 0 Å². The zero-order valence-electron chi connectivity index (χ0n) is 13.6. The number of likely N-dealkylation sites (tertiary alicyclic amines) is 1. The molecule has 0 radical (unpaired) electrons. The van der Waals surface area contributed by atoms with Crippen LogP contribution in [0.4, 0.5) is 0 Å². The van der Waals surface area contributed by atoms with Crippen molar-refractivity contribution in [1.29, 1.82) is 0 Å². The molecule has 134 valence electrons. The number of hydrogen-bond acceptors (Lipinski definition) is 6. The lowest BCUT2D eigenvalue weighted by molar-refractivity contribution is -0.230. The van der Waals surface area contributed by atoms with Gasteiger partial charge < -0.3 is 25.5 Å². The van der Waals surface area contributed by atoms with Gasteiger partial charge in [0.2, 0.25) is 0 Å². The molecule has 25 heavy (non-hydrogen) atoms. The van der Waals surface area contributed by atoms with E-state index in [-0.39, 0.29) is 0 Å². The van der Waals surface area contributed by atoms with Crippen LogP contribution in [-0.2, 0) is 0 Å². The number of aliphatic hydroxyl groups excluding tert-OH is 5. The van der Waals surface area contributed by atoms with Crippen LogP contribution in [0, 0.1) is 0 Å². The van der Waals surface area contributed by atoms with Gasteiger partial charge in [0.25, 0.3) is 0 Å². The maximum absolute atomic E-state index is 10.6. The lowest BCUT2D eigenvalue weighted by Crippen LogP contribution is -2.67. The van der Waals surface area contributed by atoms with Crippen molar-refractivity contribution < 1.29 is 25.5 Å². The fourth-order valence-electron chi connectivity index (χ4n) is 3.51. The quantitative estimate of drug-likeness (QED) is 0.528. The normalized spacial score (nSPS) is 30.6. The van der Waals surface area contributed by atoms with Gasteiger partial charge in [-0.2, -0.15) is 0 Å². The molecule has 0 bridgehead atoms. The van der Waals surface area contributed by atoms with E-state index in [0.717, 1.165) is 11.1 Å². The minimum atomic E-state index is -1.55. The Balaban J connectivity index is 2.11. The second kappa shape index (κ2) is 7.61. The van der Waals surface area contributed by atoms with E-state index in [1.165, 1.54) is 4.90 Å². The minimum Gasteiger partial charge on any atom is -0.395 e. The van der Waals surface area contributed by atoms with E-state index in [1.807, 2.05) is 60.7 Å². The van der Waals surface area contributed by atoms with Crippen LogP contribution in [0.1, 0.15) is 17.2 Å². The molecule has 0 saturated carbocycles. The third-order valence-electron chi connectivity index (χ3n) is 4.80. The third kappa shape index (κ3) is 3.32. The molecule has 2 aromatic rings. The number of aliphatic hydroxyl groups is 5. The standard InChI is InChI=1S/C19H23NO5/c21-11-14-16(22)17(23)18(24)19(25)20(14)15(12-7-3-1-4-8-12)13-9-5-2-6-10-13/h1-10,14-19,21-25H,11H2/t14-,16-,17+,18-,19?/m1/s1. The zero-order chi connectivity index (χ0) is 18.0. The molecule has 3 rings (SSSR count). The molecule has 0 aliphatic carbocycles. The molecule has 5 atom stereocenters. The highest BCUT2D eigenvalue weighted by atomic mass is 16.4. The predicted molar refractivity (Wildman–Crippen MR) is 91.5 cm³/mol. The molecule has 1 saturated heterocycles. The van der Waals surface area contributed by atoms with Gasteiger partial charge in [-0.3, -0.25) is 4.90 Å². The Morgan fingerprint density at radius 1 is 0.720 bits per heavy atom. The molecule has 5 N–H and O–H groups in total. The van der Waals surface area contributed by atoms with E-state index in [2.05, 4.69) is 0 Å². The van der Waals surface area contributed by atoms with Crippen LogP contribution in [0.25, 0.3) is 0 Å². The van der Waals surface area contributed by atoms with Gasteiger partial charge in [0, 0.05) is 0 Å². The summed E-state index contributed by atoms with van der Waals surface area (Å²) >= 11 is 0. The molecule has 1 aliphatic heterocycles. The van der Waals surface area contributed by atoms with Gasteiger partial charge in [-0.05, 0) is 11.1 Å². The van der Waals surface area contributed by atoms with Crippen LogP contribution in [-0.4, -0.2) is 67.6 Å². The van der Waals surface area contributed by atoms with Crippen molar-refractivity contribution in [1.82, 2.24) is 4.90 Å². The van der Waals surface area contributed by atoms with Crippen molar-refractivity contribution in [3.63, 3.8) is 0 Å². The summed E-state index contributed by atoms with van der Waals surface area (Å²) in [7, 11) is 0. The van der Waals surface area contributed by atoms with Crippen LogP contribution in [0.15, 0.2) is 60.7 Å². The first-order valence-electron chi connectivity index (χ1n) is 8.26. The predicted octanol–water partition coefficient (Wildman–Crippen LogP) is -0.146. The van der Waals surface area contributed by atoms with Crippen molar-refractivity contribution in [2.75, 3.05) is 6.61 Å². The van der Waals surface area contributed by atoms with Gasteiger partial charge in [-0.15, -0.1) is 0 Å². The van der Waals surface area contributed by atoms with Crippen LogP contribution >= 0.6 is 0 Å². The van der Waals surface area contributed by atoms with E-state index in [4.69, 9.17) is 0 Å². The largest absolute Gasteiger partial charge is 0.395 e. The first kappa shape index (κ1) is 18.0. The summed E-state index contributed by atoms with van der Waals surface area (Å²) < 4.78 is 0. The third-order valence-corrected chi connectivity index (χ3v) is 4.80. The van der Waals surface area contributed by atoms with E-state index in [0.29, 0.717) is 0 Å². The molecule has 1 heterocycles. The summed E-state index contributed by atoms with van der Waals surface area (Å²) in [6.07, 6.45) is -5.91. The molecular weight excluding hydrogens is 322 g/mol. The lowest BCUT2D eigenvalue weighted by atomic mass is 9.87. The van der Waals surface area contributed by atoms with Crippen molar-refractivity contribution >= 4 is 0 Å². The molecule has 1 aliphatic rings. The second-order valence-corrected chi connectivity index (χ2v) is 6.31. The Morgan fingerprint density at radius 2 is 1.20 bits per heavy atom. The van der Waals surface area contributed by atoms with Crippen LogP contribution < -0.4 is 0 Å². The lowest BCUT2D eigenvalue weighted by Gasteiger charge is -2.49. The minimum absolute atomic E-state index is 0.474. The van der Waals surface area contributed by atoms with Gasteiger partial charge in [0.05, 0.1) is 18.7 Å². The second-order valence-electron chi connectivity index (χ2n) is 6.31.